The van der Waals surface area contributed by atoms with E-state index in [1.165, 1.54) is 0 Å². The van der Waals surface area contributed by atoms with Gasteiger partial charge in [-0.25, -0.2) is 0 Å². The number of ether oxygens (including phenoxy) is 1. The number of nitrogens with zero attached hydrogens (tertiary/aromatic N) is 1. The largest absolute Gasteiger partial charge is 0.494 e. The van der Waals surface area contributed by atoms with Crippen molar-refractivity contribution in [1.29, 1.82) is 0 Å². The molecular formula is C16H26N2O2. The third-order valence-electron chi connectivity index (χ3n) is 3.32. The molecule has 0 bridgehead atoms. The first-order valence-corrected chi connectivity index (χ1v) is 7.26. The molecule has 112 valence electrons. The topological polar surface area (TPSA) is 41.6 Å². The number of benzene rings is 1. The summed E-state index contributed by atoms with van der Waals surface area (Å²) in [5.74, 6) is 0.945. The molecule has 1 unspecified atom stereocenters. The highest BCUT2D eigenvalue weighted by Gasteiger charge is 2.12. The molecule has 0 aliphatic carbocycles. The number of hydrogen-bond donors (Lipinski definition) is 1. The maximum Gasteiger partial charge on any atom is 0.236 e. The van der Waals surface area contributed by atoms with E-state index in [0.29, 0.717) is 25.7 Å². The van der Waals surface area contributed by atoms with Crippen molar-refractivity contribution >= 4 is 5.91 Å². The molecule has 0 spiro atoms. The van der Waals surface area contributed by atoms with Crippen molar-refractivity contribution in [2.45, 2.75) is 39.8 Å². The van der Waals surface area contributed by atoms with Crippen LogP contribution in [0.15, 0.2) is 24.3 Å². The lowest BCUT2D eigenvalue weighted by molar-refractivity contribution is -0.129. The van der Waals surface area contributed by atoms with Crippen LogP contribution in [0.3, 0.4) is 0 Å². The van der Waals surface area contributed by atoms with E-state index in [0.717, 1.165) is 17.7 Å². The molecule has 1 N–H and O–H groups in total. The van der Waals surface area contributed by atoms with Gasteiger partial charge in [0.15, 0.2) is 0 Å². The first-order chi connectivity index (χ1) is 9.58. The number of carbonyl (C=O) groups excluding carboxylic acids is 1. The van der Waals surface area contributed by atoms with E-state index in [-0.39, 0.29) is 5.91 Å². The second kappa shape index (κ2) is 8.59. The Kier molecular flexibility index (Phi) is 7.09. The second-order valence-corrected chi connectivity index (χ2v) is 4.98. The number of likely N-dealkylation sites (N-methyl/N-ethyl adjacent to an activating group) is 1. The number of amides is 1. The van der Waals surface area contributed by atoms with Crippen LogP contribution >= 0.6 is 0 Å². The zero-order valence-electron chi connectivity index (χ0n) is 13.0. The normalized spacial score (nSPS) is 12.0. The summed E-state index contributed by atoms with van der Waals surface area (Å²) in [5, 5.41) is 3.22. The predicted octanol–water partition coefficient (Wildman–Crippen LogP) is 2.43. The molecule has 0 radical (unpaired) electrons. The van der Waals surface area contributed by atoms with Gasteiger partial charge in [-0.05, 0) is 26.3 Å². The molecule has 1 aromatic carbocycles. The van der Waals surface area contributed by atoms with Crippen LogP contribution in [-0.4, -0.2) is 37.0 Å². The molecule has 0 heterocycles. The minimum atomic E-state index is 0.0941. The van der Waals surface area contributed by atoms with Gasteiger partial charge in [0.25, 0.3) is 0 Å². The summed E-state index contributed by atoms with van der Waals surface area (Å²) in [4.78, 5) is 13.8. The van der Waals surface area contributed by atoms with Crippen molar-refractivity contribution in [3.8, 4) is 5.75 Å². The fourth-order valence-corrected chi connectivity index (χ4v) is 1.82. The fourth-order valence-electron chi connectivity index (χ4n) is 1.82. The Labute approximate surface area is 122 Å². The van der Waals surface area contributed by atoms with Gasteiger partial charge in [0, 0.05) is 25.2 Å². The van der Waals surface area contributed by atoms with Gasteiger partial charge in [-0.15, -0.1) is 0 Å². The summed E-state index contributed by atoms with van der Waals surface area (Å²) in [6, 6.07) is 8.21. The van der Waals surface area contributed by atoms with Gasteiger partial charge in [0.05, 0.1) is 13.2 Å². The van der Waals surface area contributed by atoms with E-state index in [1.54, 1.807) is 4.90 Å². The minimum absolute atomic E-state index is 0.0941. The third-order valence-corrected chi connectivity index (χ3v) is 3.32. The SMILES string of the molecule is CCOc1ccccc1CN(C)C(=O)CNC(C)CC. The Morgan fingerprint density at radius 2 is 2.05 bits per heavy atom. The van der Waals surface area contributed by atoms with E-state index in [9.17, 15) is 4.79 Å². The molecular weight excluding hydrogens is 252 g/mol. The van der Waals surface area contributed by atoms with Crippen molar-refractivity contribution in [3.63, 3.8) is 0 Å². The maximum atomic E-state index is 12.1. The van der Waals surface area contributed by atoms with E-state index < -0.39 is 0 Å². The molecule has 1 amide bonds. The molecule has 1 atom stereocenters. The zero-order chi connectivity index (χ0) is 15.0. The van der Waals surface area contributed by atoms with E-state index >= 15 is 0 Å². The number of para-hydroxylation sites is 1. The van der Waals surface area contributed by atoms with Crippen LogP contribution in [0.1, 0.15) is 32.8 Å². The standard InChI is InChI=1S/C16H26N2O2/c1-5-13(3)17-11-16(19)18(4)12-14-9-7-8-10-15(14)20-6-2/h7-10,13,17H,5-6,11-12H2,1-4H3. The smallest absolute Gasteiger partial charge is 0.236 e. The highest BCUT2D eigenvalue weighted by molar-refractivity contribution is 5.78. The van der Waals surface area contributed by atoms with Gasteiger partial charge >= 0.3 is 0 Å². The van der Waals surface area contributed by atoms with Crippen molar-refractivity contribution in [3.05, 3.63) is 29.8 Å². The van der Waals surface area contributed by atoms with Gasteiger partial charge in [0.2, 0.25) is 5.91 Å². The van der Waals surface area contributed by atoms with Crippen LogP contribution in [0.5, 0.6) is 5.75 Å². The molecule has 1 rings (SSSR count). The van der Waals surface area contributed by atoms with Gasteiger partial charge < -0.3 is 15.0 Å². The lowest BCUT2D eigenvalue weighted by Crippen LogP contribution is -2.38. The lowest BCUT2D eigenvalue weighted by atomic mass is 10.2. The van der Waals surface area contributed by atoms with Gasteiger partial charge in [-0.2, -0.15) is 0 Å². The molecule has 1 aromatic rings. The number of nitrogens with one attached hydrogen (secondary N) is 1. The van der Waals surface area contributed by atoms with Crippen LogP contribution in [0.4, 0.5) is 0 Å². The first-order valence-electron chi connectivity index (χ1n) is 7.26. The summed E-state index contributed by atoms with van der Waals surface area (Å²) in [6.07, 6.45) is 1.02. The van der Waals surface area contributed by atoms with Gasteiger partial charge in [-0.3, -0.25) is 4.79 Å². The lowest BCUT2D eigenvalue weighted by Gasteiger charge is -2.20. The summed E-state index contributed by atoms with van der Waals surface area (Å²) >= 11 is 0. The molecule has 0 saturated carbocycles. The van der Waals surface area contributed by atoms with Crippen LogP contribution in [-0.2, 0) is 11.3 Å². The molecule has 4 heteroatoms. The monoisotopic (exact) mass is 278 g/mol. The van der Waals surface area contributed by atoms with Crippen molar-refractivity contribution in [2.24, 2.45) is 0 Å². The fraction of sp³-hybridized carbons (Fsp3) is 0.562. The van der Waals surface area contributed by atoms with Crippen LogP contribution < -0.4 is 10.1 Å². The average molecular weight is 278 g/mol. The highest BCUT2D eigenvalue weighted by Crippen LogP contribution is 2.19. The van der Waals surface area contributed by atoms with Crippen LogP contribution in [0.2, 0.25) is 0 Å². The number of rotatable bonds is 8. The van der Waals surface area contributed by atoms with Gasteiger partial charge in [-0.1, -0.05) is 25.1 Å². The Bertz CT molecular complexity index is 421. The zero-order valence-corrected chi connectivity index (χ0v) is 13.0. The summed E-state index contributed by atoms with van der Waals surface area (Å²) in [5.41, 5.74) is 1.04. The predicted molar refractivity (Wildman–Crippen MR) is 81.8 cm³/mol. The molecule has 0 aromatic heterocycles. The first kappa shape index (κ1) is 16.5. The quantitative estimate of drug-likeness (QED) is 0.794. The number of hydrogen-bond acceptors (Lipinski definition) is 3. The minimum Gasteiger partial charge on any atom is -0.494 e. The molecule has 0 saturated heterocycles. The Morgan fingerprint density at radius 3 is 2.70 bits per heavy atom. The summed E-state index contributed by atoms with van der Waals surface area (Å²) < 4.78 is 5.58. The Morgan fingerprint density at radius 1 is 1.35 bits per heavy atom. The third kappa shape index (κ3) is 5.21. The average Bonchev–Trinajstić information content (AvgIpc) is 2.46. The van der Waals surface area contributed by atoms with Crippen molar-refractivity contribution in [2.75, 3.05) is 20.2 Å². The Hall–Kier alpha value is -1.55. The van der Waals surface area contributed by atoms with E-state index in [2.05, 4.69) is 19.2 Å². The maximum absolute atomic E-state index is 12.1. The molecule has 0 fully saturated rings. The molecule has 4 nitrogen and oxygen atoms in total. The summed E-state index contributed by atoms with van der Waals surface area (Å²) in [7, 11) is 1.82. The second-order valence-electron chi connectivity index (χ2n) is 4.98. The number of carbonyl (C=O) groups is 1. The van der Waals surface area contributed by atoms with Crippen molar-refractivity contribution < 1.29 is 9.53 Å². The molecule has 0 aliphatic rings. The van der Waals surface area contributed by atoms with E-state index in [1.807, 2.05) is 38.2 Å². The van der Waals surface area contributed by atoms with E-state index in [4.69, 9.17) is 4.74 Å². The van der Waals surface area contributed by atoms with Crippen LogP contribution in [0.25, 0.3) is 0 Å². The van der Waals surface area contributed by atoms with Gasteiger partial charge in [0.1, 0.15) is 5.75 Å². The Balaban J connectivity index is 2.57. The molecule has 20 heavy (non-hydrogen) atoms. The summed E-state index contributed by atoms with van der Waals surface area (Å²) in [6.45, 7) is 7.72. The molecule has 0 aliphatic heterocycles. The van der Waals surface area contributed by atoms with Crippen LogP contribution in [0, 0.1) is 0 Å². The highest BCUT2D eigenvalue weighted by atomic mass is 16.5. The van der Waals surface area contributed by atoms with Crippen molar-refractivity contribution in [1.82, 2.24) is 10.2 Å².